The Morgan fingerprint density at radius 1 is 1.00 bits per heavy atom. The van der Waals surface area contributed by atoms with Crippen molar-refractivity contribution in [1.29, 1.82) is 0 Å². The van der Waals surface area contributed by atoms with E-state index in [1.807, 2.05) is 24.3 Å². The molecule has 0 saturated carbocycles. The second-order valence-electron chi connectivity index (χ2n) is 6.16. The number of hydrogen-bond acceptors (Lipinski definition) is 4. The van der Waals surface area contributed by atoms with Gasteiger partial charge in [-0.25, -0.2) is 8.42 Å². The van der Waals surface area contributed by atoms with Crippen LogP contribution >= 0.6 is 0 Å². The Kier molecular flexibility index (Phi) is 6.33. The van der Waals surface area contributed by atoms with Gasteiger partial charge in [0.15, 0.2) is 0 Å². The molecule has 0 aliphatic carbocycles. The van der Waals surface area contributed by atoms with E-state index in [1.165, 1.54) is 24.6 Å². The fourth-order valence-corrected chi connectivity index (χ4v) is 3.44. The van der Waals surface area contributed by atoms with Crippen molar-refractivity contribution < 1.29 is 17.9 Å². The topological polar surface area (TPSA) is 72.5 Å². The van der Waals surface area contributed by atoms with Gasteiger partial charge in [0.05, 0.1) is 4.90 Å². The highest BCUT2D eigenvalue weighted by Crippen LogP contribution is 2.15. The summed E-state index contributed by atoms with van der Waals surface area (Å²) in [5.41, 5.74) is 2.06. The summed E-state index contributed by atoms with van der Waals surface area (Å²) in [5.74, 6) is -0.184. The quantitative estimate of drug-likeness (QED) is 0.769. The van der Waals surface area contributed by atoms with E-state index >= 15 is 0 Å². The van der Waals surface area contributed by atoms with E-state index in [9.17, 15) is 13.2 Å². The summed E-state index contributed by atoms with van der Waals surface area (Å²) in [7, 11) is -3.75. The number of rotatable bonds is 7. The average molecular weight is 361 g/mol. The van der Waals surface area contributed by atoms with E-state index in [-0.39, 0.29) is 11.5 Å². The predicted molar refractivity (Wildman–Crippen MR) is 96.6 cm³/mol. The van der Waals surface area contributed by atoms with Crippen LogP contribution in [-0.4, -0.2) is 20.4 Å². The van der Waals surface area contributed by atoms with Crippen molar-refractivity contribution >= 4 is 16.0 Å². The predicted octanol–water partition coefficient (Wildman–Crippen LogP) is 3.22. The van der Waals surface area contributed by atoms with Crippen molar-refractivity contribution in [2.75, 3.05) is 0 Å². The first kappa shape index (κ1) is 19.1. The first-order chi connectivity index (χ1) is 11.8. The summed E-state index contributed by atoms with van der Waals surface area (Å²) in [6.45, 7) is 5.78. The van der Waals surface area contributed by atoms with Gasteiger partial charge in [-0.2, -0.15) is 4.72 Å². The minimum Gasteiger partial charge on any atom is -0.460 e. The lowest BCUT2D eigenvalue weighted by Crippen LogP contribution is -2.39. The molecule has 6 heteroatoms. The van der Waals surface area contributed by atoms with Gasteiger partial charge in [0.25, 0.3) is 0 Å². The van der Waals surface area contributed by atoms with Crippen LogP contribution in [-0.2, 0) is 26.2 Å². The van der Waals surface area contributed by atoms with Crippen molar-refractivity contribution in [1.82, 2.24) is 4.72 Å². The van der Waals surface area contributed by atoms with E-state index in [1.54, 1.807) is 18.2 Å². The number of sulfonamides is 1. The molecule has 1 atom stereocenters. The van der Waals surface area contributed by atoms with Gasteiger partial charge in [-0.15, -0.1) is 0 Å². The van der Waals surface area contributed by atoms with Crippen molar-refractivity contribution in [2.24, 2.45) is 0 Å². The molecule has 0 fully saturated rings. The smallest absolute Gasteiger partial charge is 0.324 e. The molecule has 0 amide bonds. The third-order valence-corrected chi connectivity index (χ3v) is 5.32. The van der Waals surface area contributed by atoms with Gasteiger partial charge in [0.2, 0.25) is 10.0 Å². The van der Waals surface area contributed by atoms with Crippen LogP contribution in [0.5, 0.6) is 0 Å². The maximum atomic E-state index is 12.2. The normalized spacial score (nSPS) is 12.8. The Bertz CT molecular complexity index is 799. The molecular weight excluding hydrogens is 338 g/mol. The van der Waals surface area contributed by atoms with Crippen LogP contribution in [0, 0.1) is 0 Å². The van der Waals surface area contributed by atoms with Crippen LogP contribution in [0.15, 0.2) is 59.5 Å². The molecule has 5 nitrogen and oxygen atoms in total. The van der Waals surface area contributed by atoms with Crippen molar-refractivity contribution in [2.45, 2.75) is 44.2 Å². The Hall–Kier alpha value is -2.18. The molecule has 25 heavy (non-hydrogen) atoms. The molecule has 0 heterocycles. The summed E-state index contributed by atoms with van der Waals surface area (Å²) in [6.07, 6.45) is 0. The maximum Gasteiger partial charge on any atom is 0.324 e. The first-order valence-electron chi connectivity index (χ1n) is 8.12. The molecule has 1 N–H and O–H groups in total. The molecule has 0 aliphatic heterocycles. The SMILES string of the molecule is CC(C)c1ccc(COC(=O)[C@H](C)NS(=O)(=O)c2ccccc2)cc1. The number of nitrogens with one attached hydrogen (secondary N) is 1. The lowest BCUT2D eigenvalue weighted by Gasteiger charge is -2.14. The molecule has 0 bridgehead atoms. The van der Waals surface area contributed by atoms with Crippen LogP contribution in [0.25, 0.3) is 0 Å². The van der Waals surface area contributed by atoms with E-state index in [2.05, 4.69) is 18.6 Å². The Balaban J connectivity index is 1.92. The lowest BCUT2D eigenvalue weighted by atomic mass is 10.0. The average Bonchev–Trinajstić information content (AvgIpc) is 2.60. The molecule has 0 spiro atoms. The van der Waals surface area contributed by atoms with Crippen LogP contribution in [0.2, 0.25) is 0 Å². The zero-order chi connectivity index (χ0) is 18.4. The van der Waals surface area contributed by atoms with Crippen molar-refractivity contribution in [3.8, 4) is 0 Å². The number of carbonyl (C=O) groups excluding carboxylic acids is 1. The zero-order valence-electron chi connectivity index (χ0n) is 14.6. The Labute approximate surface area is 149 Å². The second kappa shape index (κ2) is 8.27. The molecule has 0 unspecified atom stereocenters. The molecule has 0 aromatic heterocycles. The van der Waals surface area contributed by atoms with Gasteiger partial charge < -0.3 is 4.74 Å². The second-order valence-corrected chi connectivity index (χ2v) is 7.87. The lowest BCUT2D eigenvalue weighted by molar-refractivity contribution is -0.146. The summed E-state index contributed by atoms with van der Waals surface area (Å²) in [6, 6.07) is 14.7. The number of benzene rings is 2. The fraction of sp³-hybridized carbons (Fsp3) is 0.316. The minimum atomic E-state index is -3.75. The summed E-state index contributed by atoms with van der Waals surface area (Å²) >= 11 is 0. The first-order valence-corrected chi connectivity index (χ1v) is 9.61. The van der Waals surface area contributed by atoms with E-state index in [4.69, 9.17) is 4.74 Å². The molecule has 0 radical (unpaired) electrons. The van der Waals surface area contributed by atoms with Crippen LogP contribution < -0.4 is 4.72 Å². The zero-order valence-corrected chi connectivity index (χ0v) is 15.4. The standard InChI is InChI=1S/C19H23NO4S/c1-14(2)17-11-9-16(10-12-17)13-24-19(21)15(3)20-25(22,23)18-7-5-4-6-8-18/h4-12,14-15,20H,13H2,1-3H3/t15-/m0/s1. The van der Waals surface area contributed by atoms with Crippen molar-refractivity contribution in [3.05, 3.63) is 65.7 Å². The molecule has 2 rings (SSSR count). The van der Waals surface area contributed by atoms with Crippen LogP contribution in [0.4, 0.5) is 0 Å². The van der Waals surface area contributed by atoms with Gasteiger partial charge in [-0.05, 0) is 36.1 Å². The maximum absolute atomic E-state index is 12.2. The number of carbonyl (C=O) groups is 1. The summed E-state index contributed by atoms with van der Waals surface area (Å²) < 4.78 is 31.9. The minimum absolute atomic E-state index is 0.106. The highest BCUT2D eigenvalue weighted by atomic mass is 32.2. The monoisotopic (exact) mass is 361 g/mol. The summed E-state index contributed by atoms with van der Waals surface area (Å²) in [4.78, 5) is 12.2. The number of esters is 1. The van der Waals surface area contributed by atoms with E-state index in [0.717, 1.165) is 5.56 Å². The molecule has 2 aromatic rings. The number of ether oxygens (including phenoxy) is 1. The Morgan fingerprint density at radius 2 is 1.60 bits per heavy atom. The fourth-order valence-electron chi connectivity index (χ4n) is 2.23. The Morgan fingerprint density at radius 3 is 2.16 bits per heavy atom. The van der Waals surface area contributed by atoms with Gasteiger partial charge >= 0.3 is 5.97 Å². The van der Waals surface area contributed by atoms with Crippen LogP contribution in [0.1, 0.15) is 37.8 Å². The number of hydrogen-bond donors (Lipinski definition) is 1. The van der Waals surface area contributed by atoms with Gasteiger partial charge in [0.1, 0.15) is 12.6 Å². The highest BCUT2D eigenvalue weighted by Gasteiger charge is 2.22. The third-order valence-electron chi connectivity index (χ3n) is 3.77. The van der Waals surface area contributed by atoms with Crippen molar-refractivity contribution in [3.63, 3.8) is 0 Å². The van der Waals surface area contributed by atoms with Gasteiger partial charge in [0, 0.05) is 0 Å². The van der Waals surface area contributed by atoms with Crippen LogP contribution in [0.3, 0.4) is 0 Å². The molecule has 134 valence electrons. The van der Waals surface area contributed by atoms with E-state index in [0.29, 0.717) is 5.92 Å². The van der Waals surface area contributed by atoms with E-state index < -0.39 is 22.0 Å². The highest BCUT2D eigenvalue weighted by molar-refractivity contribution is 7.89. The molecule has 0 saturated heterocycles. The third kappa shape index (κ3) is 5.41. The van der Waals surface area contributed by atoms with Gasteiger partial charge in [-0.3, -0.25) is 4.79 Å². The molecular formula is C19H23NO4S. The molecule has 0 aliphatic rings. The molecule has 2 aromatic carbocycles. The summed E-state index contributed by atoms with van der Waals surface area (Å²) in [5, 5.41) is 0. The largest absolute Gasteiger partial charge is 0.460 e. The van der Waals surface area contributed by atoms with Gasteiger partial charge in [-0.1, -0.05) is 56.3 Å².